The molecule has 1 atom stereocenters. The summed E-state index contributed by atoms with van der Waals surface area (Å²) in [5, 5.41) is 12.0. The van der Waals surface area contributed by atoms with Crippen molar-refractivity contribution < 1.29 is 4.79 Å². The van der Waals surface area contributed by atoms with Gasteiger partial charge in [-0.1, -0.05) is 30.3 Å². The van der Waals surface area contributed by atoms with Crippen LogP contribution in [-0.2, 0) is 11.2 Å². The topological polar surface area (TPSA) is 69.0 Å². The molecule has 0 spiro atoms. The number of carbonyl (C=O) groups is 1. The van der Waals surface area contributed by atoms with E-state index >= 15 is 0 Å². The Bertz CT molecular complexity index is 721. The van der Waals surface area contributed by atoms with Gasteiger partial charge in [0.2, 0.25) is 5.91 Å². The minimum absolute atomic E-state index is 0.134. The van der Waals surface area contributed by atoms with Crippen molar-refractivity contribution in [2.75, 3.05) is 18.4 Å². The maximum absolute atomic E-state index is 12.5. The number of nitriles is 1. The SMILES string of the molecule is N#Cc1ccc(NC2CCN(CCCc3ccccc3)C2=O)nc1. The molecule has 1 unspecified atom stereocenters. The largest absolute Gasteiger partial charge is 0.358 e. The van der Waals surface area contributed by atoms with Gasteiger partial charge in [0.25, 0.3) is 0 Å². The van der Waals surface area contributed by atoms with Gasteiger partial charge in [0.15, 0.2) is 0 Å². The second kappa shape index (κ2) is 7.60. The number of anilines is 1. The van der Waals surface area contributed by atoms with Crippen molar-refractivity contribution in [3.05, 3.63) is 59.8 Å². The van der Waals surface area contributed by atoms with Crippen LogP contribution in [0.25, 0.3) is 0 Å². The summed E-state index contributed by atoms with van der Waals surface area (Å²) in [5.74, 6) is 0.771. The van der Waals surface area contributed by atoms with Crippen LogP contribution in [0.3, 0.4) is 0 Å². The van der Waals surface area contributed by atoms with Gasteiger partial charge < -0.3 is 10.2 Å². The summed E-state index contributed by atoms with van der Waals surface area (Å²) in [6.07, 6.45) is 4.25. The van der Waals surface area contributed by atoms with E-state index in [1.54, 1.807) is 12.1 Å². The van der Waals surface area contributed by atoms with Crippen LogP contribution in [0.2, 0.25) is 0 Å². The molecule has 1 amide bonds. The van der Waals surface area contributed by atoms with Crippen molar-refractivity contribution in [2.45, 2.75) is 25.3 Å². The Morgan fingerprint density at radius 2 is 2.08 bits per heavy atom. The Hall–Kier alpha value is -2.87. The zero-order valence-electron chi connectivity index (χ0n) is 13.5. The lowest BCUT2D eigenvalue weighted by atomic mass is 10.1. The predicted molar refractivity (Wildman–Crippen MR) is 92.3 cm³/mol. The van der Waals surface area contributed by atoms with Gasteiger partial charge in [-0.3, -0.25) is 4.79 Å². The van der Waals surface area contributed by atoms with Gasteiger partial charge in [-0.05, 0) is 37.0 Å². The third-order valence-corrected chi connectivity index (χ3v) is 4.25. The second-order valence-electron chi connectivity index (χ2n) is 5.94. The van der Waals surface area contributed by atoms with Crippen molar-refractivity contribution in [1.82, 2.24) is 9.88 Å². The molecule has 1 saturated heterocycles. The van der Waals surface area contributed by atoms with E-state index in [0.29, 0.717) is 11.4 Å². The van der Waals surface area contributed by atoms with Gasteiger partial charge in [-0.2, -0.15) is 5.26 Å². The third kappa shape index (κ3) is 3.90. The molecule has 1 aromatic carbocycles. The molecule has 5 nitrogen and oxygen atoms in total. The number of carbonyl (C=O) groups excluding carboxylic acids is 1. The monoisotopic (exact) mass is 320 g/mol. The molecule has 0 radical (unpaired) electrons. The van der Waals surface area contributed by atoms with Crippen molar-refractivity contribution in [3.8, 4) is 6.07 Å². The number of amides is 1. The van der Waals surface area contributed by atoms with Crippen LogP contribution in [0.15, 0.2) is 48.7 Å². The van der Waals surface area contributed by atoms with Crippen molar-refractivity contribution in [2.24, 2.45) is 0 Å². The first-order valence-corrected chi connectivity index (χ1v) is 8.21. The van der Waals surface area contributed by atoms with E-state index in [4.69, 9.17) is 5.26 Å². The van der Waals surface area contributed by atoms with Crippen LogP contribution in [0.1, 0.15) is 24.0 Å². The highest BCUT2D eigenvalue weighted by molar-refractivity contribution is 5.86. The summed E-state index contributed by atoms with van der Waals surface area (Å²) in [4.78, 5) is 18.5. The highest BCUT2D eigenvalue weighted by Crippen LogP contribution is 2.17. The molecule has 1 aliphatic rings. The molecule has 24 heavy (non-hydrogen) atoms. The lowest BCUT2D eigenvalue weighted by Crippen LogP contribution is -2.34. The minimum Gasteiger partial charge on any atom is -0.358 e. The second-order valence-corrected chi connectivity index (χ2v) is 5.94. The molecule has 1 N–H and O–H groups in total. The number of likely N-dealkylation sites (tertiary alicyclic amines) is 1. The summed E-state index contributed by atoms with van der Waals surface area (Å²) in [5.41, 5.74) is 1.82. The average molecular weight is 320 g/mol. The molecule has 1 fully saturated rings. The van der Waals surface area contributed by atoms with E-state index in [1.165, 1.54) is 11.8 Å². The maximum Gasteiger partial charge on any atom is 0.245 e. The summed E-state index contributed by atoms with van der Waals surface area (Å²) in [7, 11) is 0. The van der Waals surface area contributed by atoms with E-state index in [1.807, 2.05) is 29.2 Å². The summed E-state index contributed by atoms with van der Waals surface area (Å²) >= 11 is 0. The van der Waals surface area contributed by atoms with Crippen LogP contribution in [0.4, 0.5) is 5.82 Å². The molecule has 0 aliphatic carbocycles. The first-order valence-electron chi connectivity index (χ1n) is 8.21. The van der Waals surface area contributed by atoms with Crippen LogP contribution < -0.4 is 5.32 Å². The third-order valence-electron chi connectivity index (χ3n) is 4.25. The van der Waals surface area contributed by atoms with Gasteiger partial charge in [-0.15, -0.1) is 0 Å². The highest BCUT2D eigenvalue weighted by atomic mass is 16.2. The number of hydrogen-bond acceptors (Lipinski definition) is 4. The molecule has 1 aromatic heterocycles. The van der Waals surface area contributed by atoms with Crippen LogP contribution in [0, 0.1) is 11.3 Å². The number of nitrogens with zero attached hydrogens (tertiary/aromatic N) is 3. The van der Waals surface area contributed by atoms with Gasteiger partial charge in [0, 0.05) is 19.3 Å². The van der Waals surface area contributed by atoms with Crippen LogP contribution >= 0.6 is 0 Å². The number of benzene rings is 1. The molecule has 2 aromatic rings. The zero-order valence-corrected chi connectivity index (χ0v) is 13.5. The standard InChI is InChI=1S/C19H20N4O/c20-13-16-8-9-18(21-14-16)22-17-10-12-23(19(17)24)11-4-7-15-5-2-1-3-6-15/h1-3,5-6,8-9,14,17H,4,7,10-12H2,(H,21,22). The number of aryl methyl sites for hydroxylation is 1. The Labute approximate surface area is 141 Å². The summed E-state index contributed by atoms with van der Waals surface area (Å²) in [6.45, 7) is 1.56. The lowest BCUT2D eigenvalue weighted by Gasteiger charge is -2.17. The van der Waals surface area contributed by atoms with Gasteiger partial charge >= 0.3 is 0 Å². The van der Waals surface area contributed by atoms with E-state index in [0.717, 1.165) is 32.4 Å². The number of pyridine rings is 1. The molecule has 5 heteroatoms. The molecule has 3 rings (SSSR count). The van der Waals surface area contributed by atoms with Crippen molar-refractivity contribution >= 4 is 11.7 Å². The van der Waals surface area contributed by atoms with Crippen molar-refractivity contribution in [1.29, 1.82) is 5.26 Å². The van der Waals surface area contributed by atoms with E-state index in [2.05, 4.69) is 22.4 Å². The Morgan fingerprint density at radius 1 is 1.25 bits per heavy atom. The molecule has 1 aliphatic heterocycles. The average Bonchev–Trinajstić information content (AvgIpc) is 2.97. The fraction of sp³-hybridized carbons (Fsp3) is 0.316. The molecular weight excluding hydrogens is 300 g/mol. The van der Waals surface area contributed by atoms with E-state index < -0.39 is 0 Å². The van der Waals surface area contributed by atoms with E-state index in [9.17, 15) is 4.79 Å². The highest BCUT2D eigenvalue weighted by Gasteiger charge is 2.31. The quantitative estimate of drug-likeness (QED) is 0.888. The summed E-state index contributed by atoms with van der Waals surface area (Å²) < 4.78 is 0. The van der Waals surface area contributed by atoms with Gasteiger partial charge in [-0.25, -0.2) is 4.98 Å². The Balaban J connectivity index is 1.48. The number of aromatic nitrogens is 1. The van der Waals surface area contributed by atoms with E-state index in [-0.39, 0.29) is 11.9 Å². The van der Waals surface area contributed by atoms with Gasteiger partial charge in [0.1, 0.15) is 17.9 Å². The fourth-order valence-corrected chi connectivity index (χ4v) is 2.94. The van der Waals surface area contributed by atoms with Crippen LogP contribution in [0.5, 0.6) is 0 Å². The maximum atomic E-state index is 12.5. The molecule has 0 bridgehead atoms. The molecular formula is C19H20N4O. The predicted octanol–water partition coefficient (Wildman–Crippen LogP) is 2.60. The number of rotatable bonds is 6. The molecule has 0 saturated carbocycles. The lowest BCUT2D eigenvalue weighted by molar-refractivity contribution is -0.128. The molecule has 2 heterocycles. The fourth-order valence-electron chi connectivity index (χ4n) is 2.94. The van der Waals surface area contributed by atoms with Crippen LogP contribution in [-0.4, -0.2) is 34.9 Å². The van der Waals surface area contributed by atoms with Gasteiger partial charge in [0.05, 0.1) is 5.56 Å². The van der Waals surface area contributed by atoms with Crippen molar-refractivity contribution in [3.63, 3.8) is 0 Å². The zero-order chi connectivity index (χ0) is 16.8. The first-order chi connectivity index (χ1) is 11.8. The number of nitrogens with one attached hydrogen (secondary N) is 1. The first kappa shape index (κ1) is 16.0. The normalized spacial score (nSPS) is 16.9. The molecule has 122 valence electrons. The Morgan fingerprint density at radius 3 is 2.79 bits per heavy atom. The minimum atomic E-state index is -0.220. The number of hydrogen-bond donors (Lipinski definition) is 1. The summed E-state index contributed by atoms with van der Waals surface area (Å²) in [6, 6.07) is 15.6. The smallest absolute Gasteiger partial charge is 0.245 e. The Kier molecular flexibility index (Phi) is 5.07.